The normalized spacial score (nSPS) is 16.4. The minimum absolute atomic E-state index is 0.0506. The molecular weight excluding hydrogens is 375 g/mol. The third kappa shape index (κ3) is 7.24. The SMILES string of the molecule is CCCc1cc2ccc(/C=C/C(C)CCC(C)C(C)CCC(C)CC)c(F)c2s1. The van der Waals surface area contributed by atoms with Gasteiger partial charge >= 0.3 is 0 Å². The summed E-state index contributed by atoms with van der Waals surface area (Å²) in [5, 5.41) is 1.04. The van der Waals surface area contributed by atoms with Gasteiger partial charge in [0.05, 0.1) is 4.70 Å². The third-order valence-corrected chi connectivity index (χ3v) is 7.87. The first-order valence-electron chi connectivity index (χ1n) is 11.7. The summed E-state index contributed by atoms with van der Waals surface area (Å²) < 4.78 is 15.7. The van der Waals surface area contributed by atoms with Gasteiger partial charge in [0.15, 0.2) is 0 Å². The van der Waals surface area contributed by atoms with Gasteiger partial charge in [-0.2, -0.15) is 0 Å². The Morgan fingerprint density at radius 2 is 1.66 bits per heavy atom. The second kappa shape index (κ2) is 11.9. The Hall–Kier alpha value is -1.15. The zero-order chi connectivity index (χ0) is 21.4. The van der Waals surface area contributed by atoms with Crippen LogP contribution < -0.4 is 0 Å². The van der Waals surface area contributed by atoms with E-state index in [9.17, 15) is 4.39 Å². The summed E-state index contributed by atoms with van der Waals surface area (Å²) in [6, 6.07) is 6.15. The molecule has 162 valence electrons. The number of hydrogen-bond acceptors (Lipinski definition) is 1. The Balaban J connectivity index is 1.89. The lowest BCUT2D eigenvalue weighted by molar-refractivity contribution is 0.302. The molecule has 4 unspecified atom stereocenters. The maximum atomic E-state index is 14.9. The summed E-state index contributed by atoms with van der Waals surface area (Å²) in [7, 11) is 0. The van der Waals surface area contributed by atoms with Crippen LogP contribution in [0.15, 0.2) is 24.3 Å². The van der Waals surface area contributed by atoms with Crippen LogP contribution in [0, 0.1) is 29.5 Å². The van der Waals surface area contributed by atoms with Crippen LogP contribution in [0.3, 0.4) is 0 Å². The van der Waals surface area contributed by atoms with Crippen LogP contribution in [-0.4, -0.2) is 0 Å². The molecule has 0 aliphatic carbocycles. The maximum absolute atomic E-state index is 14.9. The number of hydrogen-bond donors (Lipinski definition) is 0. The minimum Gasteiger partial charge on any atom is -0.205 e. The number of rotatable bonds is 12. The van der Waals surface area contributed by atoms with Crippen LogP contribution in [0.25, 0.3) is 16.2 Å². The van der Waals surface area contributed by atoms with Gasteiger partial charge in [-0.05, 0) is 54.4 Å². The summed E-state index contributed by atoms with van der Waals surface area (Å²) in [6.45, 7) is 13.9. The van der Waals surface area contributed by atoms with Crippen LogP contribution in [0.4, 0.5) is 4.39 Å². The fourth-order valence-corrected chi connectivity index (χ4v) is 5.05. The van der Waals surface area contributed by atoms with Gasteiger partial charge in [-0.3, -0.25) is 0 Å². The highest BCUT2D eigenvalue weighted by Crippen LogP contribution is 2.31. The molecule has 0 saturated heterocycles. The van der Waals surface area contributed by atoms with Gasteiger partial charge < -0.3 is 0 Å². The fourth-order valence-electron chi connectivity index (χ4n) is 3.85. The van der Waals surface area contributed by atoms with E-state index in [1.54, 1.807) is 11.3 Å². The Bertz CT molecular complexity index is 772. The average molecular weight is 417 g/mol. The zero-order valence-electron chi connectivity index (χ0n) is 19.4. The van der Waals surface area contributed by atoms with Crippen molar-refractivity contribution in [2.75, 3.05) is 0 Å². The molecular formula is C27H41FS. The van der Waals surface area contributed by atoms with Gasteiger partial charge in [-0.15, -0.1) is 11.3 Å². The molecule has 2 aromatic rings. The molecule has 0 amide bonds. The topological polar surface area (TPSA) is 0 Å². The van der Waals surface area contributed by atoms with Crippen molar-refractivity contribution in [1.29, 1.82) is 0 Å². The van der Waals surface area contributed by atoms with Gasteiger partial charge in [-0.1, -0.05) is 91.5 Å². The first-order chi connectivity index (χ1) is 13.8. The molecule has 0 aliphatic rings. The van der Waals surface area contributed by atoms with Gasteiger partial charge in [0.25, 0.3) is 0 Å². The van der Waals surface area contributed by atoms with E-state index >= 15 is 0 Å². The summed E-state index contributed by atoms with van der Waals surface area (Å²) in [5.74, 6) is 2.82. The smallest absolute Gasteiger partial charge is 0.148 e. The number of allylic oxidation sites excluding steroid dienone is 1. The van der Waals surface area contributed by atoms with E-state index in [0.717, 1.165) is 46.2 Å². The molecule has 0 radical (unpaired) electrons. The molecule has 2 rings (SSSR count). The summed E-state index contributed by atoms with van der Waals surface area (Å²) in [4.78, 5) is 1.28. The third-order valence-electron chi connectivity index (χ3n) is 6.67. The molecule has 0 bridgehead atoms. The van der Waals surface area contributed by atoms with Gasteiger partial charge in [-0.25, -0.2) is 4.39 Å². The first kappa shape index (κ1) is 24.1. The average Bonchev–Trinajstić information content (AvgIpc) is 3.13. The summed E-state index contributed by atoms with van der Waals surface area (Å²) >= 11 is 1.61. The molecule has 1 aromatic heterocycles. The lowest BCUT2D eigenvalue weighted by Gasteiger charge is -2.22. The van der Waals surface area contributed by atoms with Crippen molar-refractivity contribution in [2.45, 2.75) is 86.5 Å². The van der Waals surface area contributed by atoms with Crippen molar-refractivity contribution in [3.63, 3.8) is 0 Å². The number of fused-ring (bicyclic) bond motifs is 1. The lowest BCUT2D eigenvalue weighted by Crippen LogP contribution is -2.10. The van der Waals surface area contributed by atoms with Crippen LogP contribution in [-0.2, 0) is 6.42 Å². The van der Waals surface area contributed by atoms with Crippen molar-refractivity contribution in [3.05, 3.63) is 40.5 Å². The van der Waals surface area contributed by atoms with Crippen LogP contribution in [0.1, 0.15) is 90.5 Å². The second-order valence-electron chi connectivity index (χ2n) is 9.31. The number of halogens is 1. The van der Waals surface area contributed by atoms with Crippen molar-refractivity contribution >= 4 is 27.5 Å². The number of benzene rings is 1. The van der Waals surface area contributed by atoms with Crippen LogP contribution in [0.2, 0.25) is 0 Å². The Morgan fingerprint density at radius 1 is 0.966 bits per heavy atom. The fraction of sp³-hybridized carbons (Fsp3) is 0.630. The van der Waals surface area contributed by atoms with E-state index in [1.807, 2.05) is 12.1 Å². The monoisotopic (exact) mass is 416 g/mol. The van der Waals surface area contributed by atoms with Gasteiger partial charge in [0.1, 0.15) is 5.82 Å². The van der Waals surface area contributed by atoms with E-state index in [2.05, 4.69) is 59.8 Å². The van der Waals surface area contributed by atoms with Crippen molar-refractivity contribution in [2.24, 2.45) is 23.7 Å². The quantitative estimate of drug-likeness (QED) is 0.323. The first-order valence-corrected chi connectivity index (χ1v) is 12.6. The van der Waals surface area contributed by atoms with Gasteiger partial charge in [0.2, 0.25) is 0 Å². The van der Waals surface area contributed by atoms with E-state index in [4.69, 9.17) is 0 Å². The molecule has 2 heteroatoms. The van der Waals surface area contributed by atoms with Crippen LogP contribution in [0.5, 0.6) is 0 Å². The number of thiophene rings is 1. The minimum atomic E-state index is -0.0506. The Kier molecular flexibility index (Phi) is 9.89. The van der Waals surface area contributed by atoms with Crippen LogP contribution >= 0.6 is 11.3 Å². The molecule has 0 saturated carbocycles. The van der Waals surface area contributed by atoms with Gasteiger partial charge in [0, 0.05) is 10.4 Å². The Labute approximate surface area is 182 Å². The molecule has 0 spiro atoms. The lowest BCUT2D eigenvalue weighted by atomic mass is 9.84. The largest absolute Gasteiger partial charge is 0.205 e. The molecule has 4 atom stereocenters. The molecule has 1 heterocycles. The predicted molar refractivity (Wildman–Crippen MR) is 130 cm³/mol. The summed E-state index contributed by atoms with van der Waals surface area (Å²) in [5.41, 5.74) is 0.726. The molecule has 0 nitrogen and oxygen atoms in total. The van der Waals surface area contributed by atoms with Crippen molar-refractivity contribution < 1.29 is 4.39 Å². The molecule has 1 aromatic carbocycles. The highest BCUT2D eigenvalue weighted by Gasteiger charge is 2.14. The highest BCUT2D eigenvalue weighted by molar-refractivity contribution is 7.19. The highest BCUT2D eigenvalue weighted by atomic mass is 32.1. The van der Waals surface area contributed by atoms with E-state index < -0.39 is 0 Å². The molecule has 0 aliphatic heterocycles. The second-order valence-corrected chi connectivity index (χ2v) is 10.4. The molecule has 0 fully saturated rings. The standard InChI is InChI=1S/C27H41FS/c1-7-9-25-18-24-17-16-23(26(28)27(24)29-25)15-12-20(4)11-14-22(6)21(5)13-10-19(3)8-2/h12,15-22H,7-11,13-14H2,1-6H3/b15-12+. The Morgan fingerprint density at radius 3 is 2.31 bits per heavy atom. The van der Waals surface area contributed by atoms with E-state index in [1.165, 1.54) is 37.0 Å². The summed E-state index contributed by atoms with van der Waals surface area (Å²) in [6.07, 6.45) is 12.7. The predicted octanol–water partition coefficient (Wildman–Crippen LogP) is 9.52. The molecule has 29 heavy (non-hydrogen) atoms. The van der Waals surface area contributed by atoms with Crippen molar-refractivity contribution in [1.82, 2.24) is 0 Å². The van der Waals surface area contributed by atoms with E-state index in [-0.39, 0.29) is 5.82 Å². The molecule has 0 N–H and O–H groups in total. The zero-order valence-corrected chi connectivity index (χ0v) is 20.2. The van der Waals surface area contributed by atoms with Crippen molar-refractivity contribution in [3.8, 4) is 0 Å². The number of aryl methyl sites for hydroxylation is 1. The maximum Gasteiger partial charge on any atom is 0.148 e. The van der Waals surface area contributed by atoms with E-state index in [0.29, 0.717) is 5.92 Å².